The molecule has 0 spiro atoms. The van der Waals surface area contributed by atoms with Crippen LogP contribution in [0.25, 0.3) is 11.3 Å². The molecule has 162 valence electrons. The largest absolute Gasteiger partial charge is 0.298 e. The number of halogens is 2. The molecule has 10 heteroatoms. The summed E-state index contributed by atoms with van der Waals surface area (Å²) in [4.78, 5) is 17.0. The van der Waals surface area contributed by atoms with Gasteiger partial charge in [0.2, 0.25) is 0 Å². The number of nitrogens with one attached hydrogen (secondary N) is 2. The number of amides is 1. The van der Waals surface area contributed by atoms with E-state index in [-0.39, 0.29) is 10.8 Å². The van der Waals surface area contributed by atoms with Gasteiger partial charge in [0.05, 0.1) is 16.3 Å². The van der Waals surface area contributed by atoms with E-state index >= 15 is 0 Å². The van der Waals surface area contributed by atoms with E-state index in [2.05, 4.69) is 15.0 Å². The van der Waals surface area contributed by atoms with Crippen LogP contribution in [0.15, 0.2) is 83.1 Å². The van der Waals surface area contributed by atoms with Crippen molar-refractivity contribution in [2.75, 3.05) is 10.0 Å². The van der Waals surface area contributed by atoms with Crippen molar-refractivity contribution in [1.82, 2.24) is 4.98 Å². The van der Waals surface area contributed by atoms with Gasteiger partial charge in [-0.05, 0) is 54.6 Å². The van der Waals surface area contributed by atoms with Gasteiger partial charge in [-0.1, -0.05) is 41.4 Å². The Balaban J connectivity index is 1.57. The zero-order valence-electron chi connectivity index (χ0n) is 16.2. The first-order valence-electron chi connectivity index (χ1n) is 9.22. The van der Waals surface area contributed by atoms with Crippen LogP contribution in [0.2, 0.25) is 10.0 Å². The minimum absolute atomic E-state index is 0.0888. The Hall–Kier alpha value is -2.91. The number of anilines is 2. The lowest BCUT2D eigenvalue weighted by Crippen LogP contribution is -2.13. The molecule has 0 bridgehead atoms. The van der Waals surface area contributed by atoms with Gasteiger partial charge in [0, 0.05) is 26.6 Å². The Morgan fingerprint density at radius 1 is 0.875 bits per heavy atom. The summed E-state index contributed by atoms with van der Waals surface area (Å²) in [5.74, 6) is -0.320. The summed E-state index contributed by atoms with van der Waals surface area (Å²) in [6.45, 7) is 0. The van der Waals surface area contributed by atoms with Gasteiger partial charge >= 0.3 is 0 Å². The van der Waals surface area contributed by atoms with Crippen molar-refractivity contribution in [3.63, 3.8) is 0 Å². The molecular formula is C22H15Cl2N3O3S2. The fourth-order valence-electron chi connectivity index (χ4n) is 2.84. The number of para-hydroxylation sites is 1. The standard InChI is InChI=1S/C22H15Cl2N3O3S2/c23-15-7-5-14(6-8-15)21(28)26-22-25-20(13-31-22)18-3-1-2-4-19(18)27-32(29,30)17-11-9-16(24)10-12-17/h1-13,27H,(H,25,26,28). The Labute approximate surface area is 198 Å². The molecule has 2 N–H and O–H groups in total. The van der Waals surface area contributed by atoms with Crippen molar-refractivity contribution in [1.29, 1.82) is 0 Å². The van der Waals surface area contributed by atoms with Gasteiger partial charge in [0.15, 0.2) is 5.13 Å². The first-order valence-corrected chi connectivity index (χ1v) is 12.3. The molecule has 0 atom stereocenters. The highest BCUT2D eigenvalue weighted by Crippen LogP contribution is 2.32. The number of hydrogen-bond acceptors (Lipinski definition) is 5. The SMILES string of the molecule is O=C(Nc1nc(-c2ccccc2NS(=O)(=O)c2ccc(Cl)cc2)cs1)c1ccc(Cl)cc1. The summed E-state index contributed by atoms with van der Waals surface area (Å²) in [5.41, 5.74) is 1.91. The van der Waals surface area contributed by atoms with Gasteiger partial charge in [-0.3, -0.25) is 14.8 Å². The van der Waals surface area contributed by atoms with Crippen LogP contribution in [0.3, 0.4) is 0 Å². The molecule has 1 aromatic heterocycles. The van der Waals surface area contributed by atoms with E-state index in [4.69, 9.17) is 23.2 Å². The van der Waals surface area contributed by atoms with Gasteiger partial charge in [0.1, 0.15) is 0 Å². The van der Waals surface area contributed by atoms with Crippen molar-refractivity contribution >= 4 is 61.3 Å². The van der Waals surface area contributed by atoms with Gasteiger partial charge in [0.25, 0.3) is 15.9 Å². The number of sulfonamides is 1. The number of thiazole rings is 1. The molecule has 0 fully saturated rings. The van der Waals surface area contributed by atoms with E-state index < -0.39 is 10.0 Å². The number of benzene rings is 3. The van der Waals surface area contributed by atoms with Crippen LogP contribution in [-0.2, 0) is 10.0 Å². The van der Waals surface area contributed by atoms with Gasteiger partial charge in [-0.25, -0.2) is 13.4 Å². The third kappa shape index (κ3) is 5.11. The highest BCUT2D eigenvalue weighted by molar-refractivity contribution is 7.92. The zero-order valence-corrected chi connectivity index (χ0v) is 19.4. The van der Waals surface area contributed by atoms with Crippen LogP contribution in [-0.4, -0.2) is 19.3 Å². The number of hydrogen-bond donors (Lipinski definition) is 2. The Bertz CT molecular complexity index is 1370. The van der Waals surface area contributed by atoms with E-state index in [1.165, 1.54) is 35.6 Å². The molecule has 0 unspecified atom stereocenters. The summed E-state index contributed by atoms with van der Waals surface area (Å²) >= 11 is 12.9. The topological polar surface area (TPSA) is 88.2 Å². The molecule has 0 saturated heterocycles. The molecule has 3 aromatic carbocycles. The van der Waals surface area contributed by atoms with E-state index in [1.54, 1.807) is 53.9 Å². The fraction of sp³-hybridized carbons (Fsp3) is 0. The summed E-state index contributed by atoms with van der Waals surface area (Å²) in [7, 11) is -3.83. The molecule has 4 aromatic rings. The zero-order chi connectivity index (χ0) is 22.7. The van der Waals surface area contributed by atoms with Crippen molar-refractivity contribution in [3.8, 4) is 11.3 Å². The fourth-order valence-corrected chi connectivity index (χ4v) is 4.88. The monoisotopic (exact) mass is 503 g/mol. The molecule has 4 rings (SSSR count). The molecule has 0 radical (unpaired) electrons. The summed E-state index contributed by atoms with van der Waals surface area (Å²) < 4.78 is 28.2. The van der Waals surface area contributed by atoms with Crippen LogP contribution in [0.4, 0.5) is 10.8 Å². The van der Waals surface area contributed by atoms with Gasteiger partial charge in [-0.15, -0.1) is 11.3 Å². The predicted octanol–water partition coefficient (Wildman–Crippen LogP) is 6.17. The number of nitrogens with zero attached hydrogens (tertiary/aromatic N) is 1. The molecule has 32 heavy (non-hydrogen) atoms. The Morgan fingerprint density at radius 2 is 1.50 bits per heavy atom. The second-order valence-corrected chi connectivity index (χ2v) is 10.0. The van der Waals surface area contributed by atoms with Crippen LogP contribution < -0.4 is 10.0 Å². The quantitative estimate of drug-likeness (QED) is 0.329. The molecule has 6 nitrogen and oxygen atoms in total. The summed E-state index contributed by atoms with van der Waals surface area (Å²) in [6, 6.07) is 19.3. The third-order valence-corrected chi connectivity index (χ3v) is 7.05. The second-order valence-electron chi connectivity index (χ2n) is 6.60. The van der Waals surface area contributed by atoms with E-state index in [1.807, 2.05) is 0 Å². The minimum atomic E-state index is -3.83. The molecule has 0 aliphatic heterocycles. The lowest BCUT2D eigenvalue weighted by molar-refractivity contribution is 0.102. The highest BCUT2D eigenvalue weighted by atomic mass is 35.5. The number of carbonyl (C=O) groups is 1. The normalized spacial score (nSPS) is 11.2. The Morgan fingerprint density at radius 3 is 2.19 bits per heavy atom. The van der Waals surface area contributed by atoms with Gasteiger partial charge < -0.3 is 0 Å². The van der Waals surface area contributed by atoms with Crippen molar-refractivity contribution in [2.24, 2.45) is 0 Å². The molecular weight excluding hydrogens is 489 g/mol. The maximum absolute atomic E-state index is 12.8. The number of aromatic nitrogens is 1. The molecule has 0 aliphatic carbocycles. The van der Waals surface area contributed by atoms with E-state index in [0.29, 0.717) is 37.7 Å². The number of rotatable bonds is 6. The molecule has 1 amide bonds. The molecule has 0 saturated carbocycles. The molecule has 0 aliphatic rings. The van der Waals surface area contributed by atoms with Crippen molar-refractivity contribution in [2.45, 2.75) is 4.90 Å². The smallest absolute Gasteiger partial charge is 0.261 e. The maximum Gasteiger partial charge on any atom is 0.261 e. The molecule has 1 heterocycles. The average Bonchev–Trinajstić information content (AvgIpc) is 3.23. The summed E-state index contributed by atoms with van der Waals surface area (Å²) in [6.07, 6.45) is 0. The minimum Gasteiger partial charge on any atom is -0.298 e. The third-order valence-electron chi connectivity index (χ3n) is 4.40. The first kappa shape index (κ1) is 22.3. The van der Waals surface area contributed by atoms with E-state index in [0.717, 1.165) is 0 Å². The lowest BCUT2D eigenvalue weighted by atomic mass is 10.1. The van der Waals surface area contributed by atoms with Crippen LogP contribution in [0.1, 0.15) is 10.4 Å². The maximum atomic E-state index is 12.8. The van der Waals surface area contributed by atoms with Crippen LogP contribution in [0.5, 0.6) is 0 Å². The van der Waals surface area contributed by atoms with Crippen LogP contribution in [0, 0.1) is 0 Å². The highest BCUT2D eigenvalue weighted by Gasteiger charge is 2.18. The van der Waals surface area contributed by atoms with Crippen molar-refractivity contribution < 1.29 is 13.2 Å². The predicted molar refractivity (Wildman–Crippen MR) is 129 cm³/mol. The van der Waals surface area contributed by atoms with Crippen LogP contribution >= 0.6 is 34.5 Å². The second kappa shape index (κ2) is 9.30. The lowest BCUT2D eigenvalue weighted by Gasteiger charge is -2.11. The van der Waals surface area contributed by atoms with E-state index in [9.17, 15) is 13.2 Å². The van der Waals surface area contributed by atoms with Gasteiger partial charge in [-0.2, -0.15) is 0 Å². The first-order chi connectivity index (χ1) is 15.3. The summed E-state index contributed by atoms with van der Waals surface area (Å²) in [5, 5.41) is 5.85. The Kier molecular flexibility index (Phi) is 6.48. The van der Waals surface area contributed by atoms with Crippen molar-refractivity contribution in [3.05, 3.63) is 93.8 Å². The average molecular weight is 504 g/mol. The number of carbonyl (C=O) groups excluding carboxylic acids is 1.